The maximum absolute atomic E-state index is 14.6. The molecular formula is C21H19FN2O3. The van der Waals surface area contributed by atoms with Crippen molar-refractivity contribution in [1.82, 2.24) is 4.98 Å². The molecule has 1 saturated carbocycles. The molecule has 1 aromatic heterocycles. The predicted molar refractivity (Wildman–Crippen MR) is 101 cm³/mol. The van der Waals surface area contributed by atoms with Gasteiger partial charge in [-0.3, -0.25) is 4.79 Å². The van der Waals surface area contributed by atoms with Gasteiger partial charge in [0.25, 0.3) is 5.91 Å². The van der Waals surface area contributed by atoms with Crippen molar-refractivity contribution in [3.8, 4) is 17.6 Å². The average Bonchev–Trinajstić information content (AvgIpc) is 3.35. The van der Waals surface area contributed by atoms with Crippen LogP contribution in [0.5, 0.6) is 5.75 Å². The number of hydrogen-bond acceptors (Lipinski definition) is 3. The second kappa shape index (κ2) is 6.60. The first kappa shape index (κ1) is 17.4. The van der Waals surface area contributed by atoms with E-state index in [1.54, 1.807) is 18.3 Å². The molecule has 0 bridgehead atoms. The van der Waals surface area contributed by atoms with Crippen molar-refractivity contribution in [2.45, 2.75) is 31.3 Å². The van der Waals surface area contributed by atoms with Gasteiger partial charge in [0.2, 0.25) is 0 Å². The van der Waals surface area contributed by atoms with Gasteiger partial charge in [-0.05, 0) is 50.0 Å². The molecule has 0 spiro atoms. The molecule has 2 heterocycles. The molecule has 138 valence electrons. The van der Waals surface area contributed by atoms with Crippen molar-refractivity contribution in [2.24, 2.45) is 0 Å². The number of nitrogens with one attached hydrogen (secondary N) is 2. The fourth-order valence-electron chi connectivity index (χ4n) is 3.59. The third kappa shape index (κ3) is 3.11. The first-order valence-corrected chi connectivity index (χ1v) is 8.83. The van der Waals surface area contributed by atoms with Crippen molar-refractivity contribution < 1.29 is 19.0 Å². The largest absolute Gasteiger partial charge is 0.495 e. The van der Waals surface area contributed by atoms with Crippen LogP contribution >= 0.6 is 0 Å². The minimum atomic E-state index is -1.09. The molecule has 1 fully saturated rings. The number of aromatic amines is 1. The Kier molecular flexibility index (Phi) is 4.25. The monoisotopic (exact) mass is 366 g/mol. The Morgan fingerprint density at radius 2 is 2.07 bits per heavy atom. The van der Waals surface area contributed by atoms with Crippen LogP contribution in [0, 0.1) is 17.7 Å². The van der Waals surface area contributed by atoms with Crippen LogP contribution in [0.3, 0.4) is 0 Å². The second-order valence-electron chi connectivity index (χ2n) is 6.81. The summed E-state index contributed by atoms with van der Waals surface area (Å²) in [6.45, 7) is 0. The summed E-state index contributed by atoms with van der Waals surface area (Å²) >= 11 is 0. The van der Waals surface area contributed by atoms with Gasteiger partial charge in [0.1, 0.15) is 17.2 Å². The van der Waals surface area contributed by atoms with E-state index >= 15 is 0 Å². The Balaban J connectivity index is 1.84. The molecule has 0 saturated heterocycles. The molecule has 4 rings (SSSR count). The topological polar surface area (TPSA) is 74.4 Å². The van der Waals surface area contributed by atoms with Crippen LogP contribution < -0.4 is 10.1 Å². The number of carbonyl (C=O) groups excluding carboxylic acids is 1. The number of anilines is 1. The Bertz CT molecular complexity index is 1000. The molecule has 27 heavy (non-hydrogen) atoms. The number of halogens is 1. The molecule has 2 aromatic rings. The fraction of sp³-hybridized carbons (Fsp3) is 0.286. The van der Waals surface area contributed by atoms with Crippen LogP contribution in [0.1, 0.15) is 42.5 Å². The lowest BCUT2D eigenvalue weighted by molar-refractivity contribution is -0.110. The molecule has 1 aliphatic carbocycles. The third-order valence-corrected chi connectivity index (χ3v) is 5.02. The molecule has 2 aliphatic rings. The lowest BCUT2D eigenvalue weighted by Gasteiger charge is -2.13. The zero-order valence-corrected chi connectivity index (χ0v) is 14.9. The number of carbonyl (C=O) groups is 1. The quantitative estimate of drug-likeness (QED) is 0.564. The van der Waals surface area contributed by atoms with E-state index in [9.17, 15) is 14.3 Å². The van der Waals surface area contributed by atoms with Gasteiger partial charge in [0.15, 0.2) is 0 Å². The fourth-order valence-corrected chi connectivity index (χ4v) is 3.59. The van der Waals surface area contributed by atoms with E-state index in [0.29, 0.717) is 41.1 Å². The van der Waals surface area contributed by atoms with Crippen LogP contribution in [0.15, 0.2) is 24.4 Å². The Labute approximate surface area is 156 Å². The number of methoxy groups -OCH3 is 1. The van der Waals surface area contributed by atoms with Gasteiger partial charge in [-0.2, -0.15) is 0 Å². The van der Waals surface area contributed by atoms with Crippen molar-refractivity contribution in [3.63, 3.8) is 0 Å². The Morgan fingerprint density at radius 3 is 2.81 bits per heavy atom. The molecule has 0 unspecified atom stereocenters. The van der Waals surface area contributed by atoms with Crippen molar-refractivity contribution in [2.75, 3.05) is 12.4 Å². The summed E-state index contributed by atoms with van der Waals surface area (Å²) in [7, 11) is 1.53. The van der Waals surface area contributed by atoms with Gasteiger partial charge in [-0.25, -0.2) is 4.39 Å². The number of fused-ring (bicyclic) bond motifs is 1. The molecule has 5 nitrogen and oxygen atoms in total. The molecule has 1 aliphatic heterocycles. The van der Waals surface area contributed by atoms with E-state index in [2.05, 4.69) is 22.1 Å². The Hall–Kier alpha value is -3.04. The van der Waals surface area contributed by atoms with E-state index in [4.69, 9.17) is 4.74 Å². The number of aromatic nitrogens is 1. The smallest absolute Gasteiger partial charge is 0.256 e. The van der Waals surface area contributed by atoms with E-state index in [0.717, 1.165) is 12.8 Å². The lowest BCUT2D eigenvalue weighted by atomic mass is 9.97. The number of benzene rings is 1. The Morgan fingerprint density at radius 1 is 1.30 bits per heavy atom. The highest BCUT2D eigenvalue weighted by Gasteiger charge is 2.31. The van der Waals surface area contributed by atoms with Gasteiger partial charge in [0.05, 0.1) is 29.6 Å². The average molecular weight is 366 g/mol. The summed E-state index contributed by atoms with van der Waals surface area (Å²) < 4.78 is 19.8. The molecule has 6 heteroatoms. The van der Waals surface area contributed by atoms with Gasteiger partial charge in [0, 0.05) is 11.8 Å². The molecular weight excluding hydrogens is 347 g/mol. The third-order valence-electron chi connectivity index (χ3n) is 5.02. The normalized spacial score (nSPS) is 18.8. The van der Waals surface area contributed by atoms with E-state index in [-0.39, 0.29) is 11.5 Å². The highest BCUT2D eigenvalue weighted by atomic mass is 19.1. The molecule has 0 radical (unpaired) electrons. The summed E-state index contributed by atoms with van der Waals surface area (Å²) in [6.07, 6.45) is 6.28. The summed E-state index contributed by atoms with van der Waals surface area (Å²) in [5, 5.41) is 13.2. The van der Waals surface area contributed by atoms with Crippen LogP contribution in [0.25, 0.3) is 11.6 Å². The summed E-state index contributed by atoms with van der Waals surface area (Å²) in [5.41, 5.74) is 0.841. The first-order chi connectivity index (χ1) is 13.0. The maximum Gasteiger partial charge on any atom is 0.256 e. The van der Waals surface area contributed by atoms with Crippen LogP contribution in [-0.2, 0) is 4.79 Å². The lowest BCUT2D eigenvalue weighted by Crippen LogP contribution is -2.20. The number of hydrogen-bond donors (Lipinski definition) is 3. The SMILES string of the molecule is COc1cc[nH]c1C=C1C(=O)Nc2ccc(F)c(C#CC3(O)CCCC3)c21. The van der Waals surface area contributed by atoms with Crippen molar-refractivity contribution in [1.29, 1.82) is 0 Å². The number of amides is 1. The maximum atomic E-state index is 14.6. The highest BCUT2D eigenvalue weighted by molar-refractivity contribution is 6.35. The minimum Gasteiger partial charge on any atom is -0.495 e. The van der Waals surface area contributed by atoms with E-state index in [1.807, 2.05) is 0 Å². The van der Waals surface area contributed by atoms with Gasteiger partial charge in [-0.15, -0.1) is 0 Å². The predicted octanol–water partition coefficient (Wildman–Crippen LogP) is 3.31. The standard InChI is InChI=1S/C21H19FN2O3/c1-27-18-7-11-23-17(18)12-14-19-13(6-10-21(26)8-2-3-9-21)15(22)4-5-16(19)24-20(14)25/h4-5,7,11-12,23,26H,2-3,8-9H2,1H3,(H,24,25). The molecule has 1 aromatic carbocycles. The minimum absolute atomic E-state index is 0.114. The van der Waals surface area contributed by atoms with E-state index < -0.39 is 11.4 Å². The van der Waals surface area contributed by atoms with Gasteiger partial charge >= 0.3 is 0 Å². The van der Waals surface area contributed by atoms with Crippen LogP contribution in [0.2, 0.25) is 0 Å². The van der Waals surface area contributed by atoms with Gasteiger partial charge < -0.3 is 20.1 Å². The molecule has 3 N–H and O–H groups in total. The first-order valence-electron chi connectivity index (χ1n) is 8.83. The van der Waals surface area contributed by atoms with Crippen LogP contribution in [-0.4, -0.2) is 28.7 Å². The zero-order chi connectivity index (χ0) is 19.0. The zero-order valence-electron chi connectivity index (χ0n) is 14.9. The summed E-state index contributed by atoms with van der Waals surface area (Å²) in [6, 6.07) is 4.53. The number of H-pyrrole nitrogens is 1. The van der Waals surface area contributed by atoms with Gasteiger partial charge in [-0.1, -0.05) is 11.8 Å². The number of rotatable bonds is 2. The second-order valence-corrected chi connectivity index (χ2v) is 6.81. The van der Waals surface area contributed by atoms with Crippen molar-refractivity contribution in [3.05, 3.63) is 47.0 Å². The number of ether oxygens (including phenoxy) is 1. The van der Waals surface area contributed by atoms with Crippen molar-refractivity contribution >= 4 is 23.2 Å². The summed E-state index contributed by atoms with van der Waals surface area (Å²) in [4.78, 5) is 15.5. The number of aliphatic hydroxyl groups is 1. The molecule has 0 atom stereocenters. The van der Waals surface area contributed by atoms with Crippen LogP contribution in [0.4, 0.5) is 10.1 Å². The highest BCUT2D eigenvalue weighted by Crippen LogP contribution is 2.38. The molecule has 1 amide bonds. The van der Waals surface area contributed by atoms with E-state index in [1.165, 1.54) is 19.2 Å². The summed E-state index contributed by atoms with van der Waals surface area (Å²) in [5.74, 6) is 5.35.